The minimum atomic E-state index is -0.0556. The summed E-state index contributed by atoms with van der Waals surface area (Å²) in [5.74, 6) is 0.995. The number of anilines is 1. The number of carbonyl (C=O) groups is 1. The second kappa shape index (κ2) is 7.03. The van der Waals surface area contributed by atoms with Crippen LogP contribution < -0.4 is 5.32 Å². The number of hydrogen-bond donors (Lipinski definition) is 1. The van der Waals surface area contributed by atoms with Gasteiger partial charge in [-0.25, -0.2) is 0 Å². The number of nitrogens with zero attached hydrogens (tertiary/aromatic N) is 5. The van der Waals surface area contributed by atoms with Crippen LogP contribution in [0.25, 0.3) is 11.4 Å². The van der Waals surface area contributed by atoms with Gasteiger partial charge in [-0.2, -0.15) is 10.1 Å². The van der Waals surface area contributed by atoms with Crippen LogP contribution in [0.15, 0.2) is 35.2 Å². The molecule has 0 bridgehead atoms. The zero-order chi connectivity index (χ0) is 16.9. The van der Waals surface area contributed by atoms with Gasteiger partial charge in [0, 0.05) is 44.0 Å². The lowest BCUT2D eigenvalue weighted by Crippen LogP contribution is -2.11. The van der Waals surface area contributed by atoms with Crippen molar-refractivity contribution in [3.63, 3.8) is 0 Å². The Hall–Kier alpha value is -3.03. The van der Waals surface area contributed by atoms with Gasteiger partial charge >= 0.3 is 0 Å². The Labute approximate surface area is 138 Å². The van der Waals surface area contributed by atoms with Crippen LogP contribution in [-0.2, 0) is 18.3 Å². The zero-order valence-electron chi connectivity index (χ0n) is 13.6. The minimum absolute atomic E-state index is 0.0556. The molecule has 8 heteroatoms. The number of hydrogen-bond acceptors (Lipinski definition) is 6. The molecule has 1 amide bonds. The molecule has 24 heavy (non-hydrogen) atoms. The number of carbonyl (C=O) groups excluding carboxylic acids is 1. The maximum Gasteiger partial charge on any atom is 0.226 e. The van der Waals surface area contributed by atoms with E-state index in [-0.39, 0.29) is 5.91 Å². The first-order valence-electron chi connectivity index (χ1n) is 7.65. The lowest BCUT2D eigenvalue weighted by Gasteiger charge is -2.02. The summed E-state index contributed by atoms with van der Waals surface area (Å²) in [6.45, 7) is 1.86. The van der Waals surface area contributed by atoms with Gasteiger partial charge in [0.15, 0.2) is 0 Å². The SMILES string of the molecule is Cc1nn(C)cc1NC(=O)CCCc1nc(-c2ccncc2)no1. The monoisotopic (exact) mass is 326 g/mol. The van der Waals surface area contributed by atoms with Crippen LogP contribution in [-0.4, -0.2) is 30.8 Å². The van der Waals surface area contributed by atoms with E-state index in [0.717, 1.165) is 16.9 Å². The van der Waals surface area contributed by atoms with Crippen molar-refractivity contribution in [1.29, 1.82) is 0 Å². The highest BCUT2D eigenvalue weighted by Gasteiger charge is 2.11. The normalized spacial score (nSPS) is 10.8. The Morgan fingerprint density at radius 1 is 1.33 bits per heavy atom. The van der Waals surface area contributed by atoms with Crippen LogP contribution in [0.4, 0.5) is 5.69 Å². The summed E-state index contributed by atoms with van der Waals surface area (Å²) in [7, 11) is 1.82. The van der Waals surface area contributed by atoms with Crippen LogP contribution in [0.3, 0.4) is 0 Å². The van der Waals surface area contributed by atoms with E-state index in [2.05, 4.69) is 25.5 Å². The lowest BCUT2D eigenvalue weighted by atomic mass is 10.2. The topological polar surface area (TPSA) is 98.7 Å². The van der Waals surface area contributed by atoms with Crippen LogP contribution >= 0.6 is 0 Å². The Balaban J connectivity index is 1.49. The molecule has 0 radical (unpaired) electrons. The average Bonchev–Trinajstić information content (AvgIpc) is 3.15. The summed E-state index contributed by atoms with van der Waals surface area (Å²) in [6.07, 6.45) is 6.69. The molecule has 3 heterocycles. The number of nitrogens with one attached hydrogen (secondary N) is 1. The number of aryl methyl sites for hydroxylation is 3. The Morgan fingerprint density at radius 3 is 2.83 bits per heavy atom. The van der Waals surface area contributed by atoms with Gasteiger partial charge in [-0.05, 0) is 25.5 Å². The van der Waals surface area contributed by atoms with E-state index < -0.39 is 0 Å². The van der Waals surface area contributed by atoms with Crippen molar-refractivity contribution in [2.24, 2.45) is 7.05 Å². The van der Waals surface area contributed by atoms with Crippen molar-refractivity contribution >= 4 is 11.6 Å². The summed E-state index contributed by atoms with van der Waals surface area (Å²) in [5.41, 5.74) is 2.38. The fraction of sp³-hybridized carbons (Fsp3) is 0.312. The van der Waals surface area contributed by atoms with E-state index >= 15 is 0 Å². The van der Waals surface area contributed by atoms with Gasteiger partial charge in [0.25, 0.3) is 0 Å². The lowest BCUT2D eigenvalue weighted by molar-refractivity contribution is -0.116. The third-order valence-corrected chi connectivity index (χ3v) is 3.49. The predicted molar refractivity (Wildman–Crippen MR) is 87.0 cm³/mol. The molecule has 0 spiro atoms. The molecule has 0 saturated heterocycles. The number of rotatable bonds is 6. The second-order valence-corrected chi connectivity index (χ2v) is 5.45. The molecule has 0 aliphatic rings. The maximum absolute atomic E-state index is 12.0. The summed E-state index contributed by atoms with van der Waals surface area (Å²) >= 11 is 0. The van der Waals surface area contributed by atoms with Crippen LogP contribution in [0.2, 0.25) is 0 Å². The summed E-state index contributed by atoms with van der Waals surface area (Å²) in [5, 5.41) is 11.0. The van der Waals surface area contributed by atoms with E-state index in [9.17, 15) is 4.79 Å². The van der Waals surface area contributed by atoms with Gasteiger partial charge in [0.05, 0.1) is 11.4 Å². The minimum Gasteiger partial charge on any atom is -0.339 e. The van der Waals surface area contributed by atoms with Crippen molar-refractivity contribution < 1.29 is 9.32 Å². The molecule has 0 unspecified atom stereocenters. The summed E-state index contributed by atoms with van der Waals surface area (Å²) < 4.78 is 6.89. The molecular formula is C16H18N6O2. The first-order valence-corrected chi connectivity index (χ1v) is 7.65. The molecule has 3 aromatic rings. The van der Waals surface area contributed by atoms with E-state index in [4.69, 9.17) is 4.52 Å². The number of amides is 1. The standard InChI is InChI=1S/C16H18N6O2/c1-11-13(10-22(2)20-11)18-14(23)4-3-5-15-19-16(21-24-15)12-6-8-17-9-7-12/h6-10H,3-5H2,1-2H3,(H,18,23). The highest BCUT2D eigenvalue weighted by Crippen LogP contribution is 2.15. The fourth-order valence-corrected chi connectivity index (χ4v) is 2.31. The highest BCUT2D eigenvalue weighted by molar-refractivity contribution is 5.91. The molecule has 0 aromatic carbocycles. The van der Waals surface area contributed by atoms with Gasteiger partial charge < -0.3 is 9.84 Å². The maximum atomic E-state index is 12.0. The van der Waals surface area contributed by atoms with Crippen molar-refractivity contribution in [2.75, 3.05) is 5.32 Å². The first kappa shape index (κ1) is 15.9. The largest absolute Gasteiger partial charge is 0.339 e. The molecule has 1 N–H and O–H groups in total. The quantitative estimate of drug-likeness (QED) is 0.745. The molecule has 8 nitrogen and oxygen atoms in total. The van der Waals surface area contributed by atoms with Crippen LogP contribution in [0.5, 0.6) is 0 Å². The zero-order valence-corrected chi connectivity index (χ0v) is 13.6. The van der Waals surface area contributed by atoms with E-state index in [0.29, 0.717) is 31.0 Å². The smallest absolute Gasteiger partial charge is 0.226 e. The second-order valence-electron chi connectivity index (χ2n) is 5.45. The molecule has 0 aliphatic carbocycles. The van der Waals surface area contributed by atoms with E-state index in [1.807, 2.05) is 26.1 Å². The van der Waals surface area contributed by atoms with Crippen molar-refractivity contribution in [1.82, 2.24) is 24.9 Å². The fourth-order valence-electron chi connectivity index (χ4n) is 2.31. The Kier molecular flexibility index (Phi) is 4.64. The van der Waals surface area contributed by atoms with Crippen molar-refractivity contribution in [3.05, 3.63) is 42.3 Å². The van der Waals surface area contributed by atoms with Gasteiger partial charge in [0.2, 0.25) is 17.6 Å². The van der Waals surface area contributed by atoms with Crippen molar-refractivity contribution in [2.45, 2.75) is 26.2 Å². The third kappa shape index (κ3) is 3.83. The van der Waals surface area contributed by atoms with Gasteiger partial charge in [-0.3, -0.25) is 14.5 Å². The molecule has 0 aliphatic heterocycles. The van der Waals surface area contributed by atoms with Gasteiger partial charge in [-0.15, -0.1) is 0 Å². The molecule has 0 saturated carbocycles. The molecule has 0 atom stereocenters. The Bertz CT molecular complexity index is 824. The first-order chi connectivity index (χ1) is 11.6. The molecule has 3 rings (SSSR count). The van der Waals surface area contributed by atoms with Crippen molar-refractivity contribution in [3.8, 4) is 11.4 Å². The number of aromatic nitrogens is 5. The van der Waals surface area contributed by atoms with Gasteiger partial charge in [0.1, 0.15) is 0 Å². The summed E-state index contributed by atoms with van der Waals surface area (Å²) in [6, 6.07) is 3.64. The molecule has 0 fully saturated rings. The average molecular weight is 326 g/mol. The predicted octanol–water partition coefficient (Wildman–Crippen LogP) is 2.13. The molecular weight excluding hydrogens is 308 g/mol. The highest BCUT2D eigenvalue weighted by atomic mass is 16.5. The van der Waals surface area contributed by atoms with Crippen LogP contribution in [0, 0.1) is 6.92 Å². The van der Waals surface area contributed by atoms with Crippen LogP contribution in [0.1, 0.15) is 24.4 Å². The molecule has 124 valence electrons. The van der Waals surface area contributed by atoms with E-state index in [1.165, 1.54) is 0 Å². The van der Waals surface area contributed by atoms with Gasteiger partial charge in [-0.1, -0.05) is 5.16 Å². The summed E-state index contributed by atoms with van der Waals surface area (Å²) in [4.78, 5) is 20.2. The Morgan fingerprint density at radius 2 is 2.12 bits per heavy atom. The molecule has 3 aromatic heterocycles. The van der Waals surface area contributed by atoms with E-state index in [1.54, 1.807) is 23.3 Å². The third-order valence-electron chi connectivity index (χ3n) is 3.49. The number of pyridine rings is 1.